The first-order chi connectivity index (χ1) is 5.59. The molecule has 0 atom stereocenters. The van der Waals surface area contributed by atoms with E-state index in [4.69, 9.17) is 4.42 Å². The summed E-state index contributed by atoms with van der Waals surface area (Å²) < 4.78 is 7.44. The van der Waals surface area contributed by atoms with Crippen molar-refractivity contribution in [1.29, 1.82) is 0 Å². The zero-order chi connectivity index (χ0) is 9.14. The van der Waals surface area contributed by atoms with Crippen molar-refractivity contribution in [2.24, 2.45) is 0 Å². The molecule has 0 aliphatic rings. The average Bonchev–Trinajstić information content (AvgIpc) is 2.34. The summed E-state index contributed by atoms with van der Waals surface area (Å²) in [6.45, 7) is 0. The summed E-state index contributed by atoms with van der Waals surface area (Å²) in [6, 6.07) is 3.91. The Labute approximate surface area is 72.9 Å². The van der Waals surface area contributed by atoms with Crippen LogP contribution in [0.15, 0.2) is 16.5 Å². The van der Waals surface area contributed by atoms with E-state index < -0.39 is 0 Å². The van der Waals surface area contributed by atoms with Gasteiger partial charge in [-0.25, -0.2) is 4.58 Å². The van der Waals surface area contributed by atoms with E-state index in [-0.39, 0.29) is 0 Å². The molecule has 0 bridgehead atoms. The van der Waals surface area contributed by atoms with Gasteiger partial charge in [-0.3, -0.25) is 0 Å². The molecule has 66 valence electrons. The third-order valence-corrected chi connectivity index (χ3v) is 1.44. The summed E-state index contributed by atoms with van der Waals surface area (Å²) in [4.78, 5) is 1.94. The van der Waals surface area contributed by atoms with Gasteiger partial charge < -0.3 is 9.32 Å². The quantitative estimate of drug-likeness (QED) is 0.484. The molecule has 0 amide bonds. The molecule has 0 saturated carbocycles. The first-order valence-corrected chi connectivity index (χ1v) is 3.88. The average molecular weight is 167 g/mol. The zero-order valence-electron chi connectivity index (χ0n) is 8.03. The van der Waals surface area contributed by atoms with Crippen molar-refractivity contribution in [2.75, 3.05) is 33.1 Å². The molecule has 0 aliphatic heterocycles. The normalized spacial score (nSPS) is 9.67. The van der Waals surface area contributed by atoms with Crippen molar-refractivity contribution in [1.82, 2.24) is 0 Å². The maximum Gasteiger partial charge on any atom is 0.206 e. The van der Waals surface area contributed by atoms with E-state index in [1.807, 2.05) is 56.0 Å². The van der Waals surface area contributed by atoms with Crippen LogP contribution in [-0.2, 0) is 0 Å². The van der Waals surface area contributed by atoms with Crippen LogP contribution in [0.3, 0.4) is 0 Å². The Morgan fingerprint density at radius 1 is 1.33 bits per heavy atom. The monoisotopic (exact) mass is 167 g/mol. The Morgan fingerprint density at radius 2 is 2.00 bits per heavy atom. The van der Waals surface area contributed by atoms with Gasteiger partial charge in [0.1, 0.15) is 14.1 Å². The van der Waals surface area contributed by atoms with E-state index in [1.165, 1.54) is 0 Å². The minimum Gasteiger partial charge on any atom is -0.435 e. The Balaban J connectivity index is 2.85. The predicted molar refractivity (Wildman–Crippen MR) is 50.3 cm³/mol. The molecule has 1 aromatic rings. The van der Waals surface area contributed by atoms with Crippen LogP contribution >= 0.6 is 0 Å². The second kappa shape index (κ2) is 3.43. The van der Waals surface area contributed by atoms with Crippen molar-refractivity contribution in [3.05, 3.63) is 17.9 Å². The van der Waals surface area contributed by atoms with Crippen molar-refractivity contribution in [2.45, 2.75) is 0 Å². The molecule has 0 unspecified atom stereocenters. The Morgan fingerprint density at radius 3 is 2.42 bits per heavy atom. The van der Waals surface area contributed by atoms with E-state index in [1.54, 1.807) is 0 Å². The lowest BCUT2D eigenvalue weighted by molar-refractivity contribution is -0.459. The van der Waals surface area contributed by atoms with Gasteiger partial charge in [0.15, 0.2) is 11.6 Å². The van der Waals surface area contributed by atoms with Crippen LogP contribution in [-0.4, -0.2) is 39.0 Å². The fourth-order valence-electron chi connectivity index (χ4n) is 0.906. The number of hydrogen-bond donors (Lipinski definition) is 0. The first-order valence-electron chi connectivity index (χ1n) is 3.88. The lowest BCUT2D eigenvalue weighted by atomic mass is 10.5. The number of nitrogens with zero attached hydrogens (tertiary/aromatic N) is 2. The molecule has 0 N–H and O–H groups in total. The summed E-state index contributed by atoms with van der Waals surface area (Å²) >= 11 is 0. The topological polar surface area (TPSA) is 19.4 Å². The number of furan rings is 1. The molecule has 0 radical (unpaired) electrons. The van der Waals surface area contributed by atoms with Crippen molar-refractivity contribution >= 4 is 12.1 Å². The fourth-order valence-corrected chi connectivity index (χ4v) is 0.906. The van der Waals surface area contributed by atoms with Crippen LogP contribution < -0.4 is 4.90 Å². The van der Waals surface area contributed by atoms with Crippen LogP contribution in [0.1, 0.15) is 5.76 Å². The van der Waals surface area contributed by atoms with Gasteiger partial charge in [0.05, 0.1) is 0 Å². The van der Waals surface area contributed by atoms with E-state index >= 15 is 0 Å². The van der Waals surface area contributed by atoms with Crippen LogP contribution in [0.5, 0.6) is 0 Å². The summed E-state index contributed by atoms with van der Waals surface area (Å²) in [5, 5.41) is 0. The van der Waals surface area contributed by atoms with Gasteiger partial charge in [-0.1, -0.05) is 0 Å². The molecular formula is C9H15N2O+. The smallest absolute Gasteiger partial charge is 0.206 e. The van der Waals surface area contributed by atoms with Gasteiger partial charge in [-0.15, -0.1) is 0 Å². The van der Waals surface area contributed by atoms with Crippen LogP contribution in [0, 0.1) is 0 Å². The number of hydrogen-bond acceptors (Lipinski definition) is 2. The van der Waals surface area contributed by atoms with Gasteiger partial charge in [0.2, 0.25) is 6.21 Å². The maximum atomic E-state index is 5.48. The molecule has 0 fully saturated rings. The molecule has 1 rings (SSSR count). The van der Waals surface area contributed by atoms with Gasteiger partial charge in [0.25, 0.3) is 0 Å². The molecule has 0 aromatic carbocycles. The molecule has 3 nitrogen and oxygen atoms in total. The van der Waals surface area contributed by atoms with Crippen molar-refractivity contribution in [3.63, 3.8) is 0 Å². The van der Waals surface area contributed by atoms with Gasteiger partial charge >= 0.3 is 0 Å². The molecule has 0 saturated heterocycles. The Kier molecular flexibility index (Phi) is 2.53. The number of anilines is 1. The zero-order valence-corrected chi connectivity index (χ0v) is 8.03. The highest BCUT2D eigenvalue weighted by molar-refractivity contribution is 5.72. The molecular weight excluding hydrogens is 152 g/mol. The van der Waals surface area contributed by atoms with E-state index in [9.17, 15) is 0 Å². The lowest BCUT2D eigenvalue weighted by Crippen LogP contribution is -2.07. The molecule has 1 aromatic heterocycles. The summed E-state index contributed by atoms with van der Waals surface area (Å²) in [7, 11) is 7.85. The van der Waals surface area contributed by atoms with E-state index in [2.05, 4.69) is 0 Å². The molecule has 0 aliphatic carbocycles. The molecule has 12 heavy (non-hydrogen) atoms. The maximum absolute atomic E-state index is 5.48. The Hall–Kier alpha value is -1.25. The van der Waals surface area contributed by atoms with Crippen molar-refractivity contribution in [3.8, 4) is 0 Å². The van der Waals surface area contributed by atoms with Gasteiger partial charge in [0, 0.05) is 20.2 Å². The minimum absolute atomic E-state index is 0.878. The standard InChI is InChI=1S/C9H15N2O/c1-10(2)7-8-5-6-9(12-8)11(3)4/h5-7H,1-4H3/q+1. The second-order valence-electron chi connectivity index (χ2n) is 3.16. The third-order valence-electron chi connectivity index (χ3n) is 1.44. The van der Waals surface area contributed by atoms with E-state index in [0.29, 0.717) is 0 Å². The van der Waals surface area contributed by atoms with E-state index in [0.717, 1.165) is 11.6 Å². The van der Waals surface area contributed by atoms with Crippen LogP contribution in [0.4, 0.5) is 5.88 Å². The van der Waals surface area contributed by atoms with Gasteiger partial charge in [-0.05, 0) is 6.07 Å². The predicted octanol–water partition coefficient (Wildman–Crippen LogP) is 1.04. The third kappa shape index (κ3) is 2.12. The SMILES string of the molecule is CN(C)c1ccc(C=[N+](C)C)o1. The van der Waals surface area contributed by atoms with Crippen molar-refractivity contribution < 1.29 is 8.99 Å². The highest BCUT2D eigenvalue weighted by atomic mass is 16.4. The molecule has 1 heterocycles. The fraction of sp³-hybridized carbons (Fsp3) is 0.444. The Bertz CT molecular complexity index is 282. The minimum atomic E-state index is 0.878. The lowest BCUT2D eigenvalue weighted by Gasteiger charge is -2.05. The highest BCUT2D eigenvalue weighted by Crippen LogP contribution is 2.13. The van der Waals surface area contributed by atoms with Gasteiger partial charge in [-0.2, -0.15) is 0 Å². The van der Waals surface area contributed by atoms with Crippen LogP contribution in [0.25, 0.3) is 0 Å². The largest absolute Gasteiger partial charge is 0.435 e. The molecule has 3 heteroatoms. The summed E-state index contributed by atoms with van der Waals surface area (Å²) in [5.74, 6) is 1.76. The summed E-state index contributed by atoms with van der Waals surface area (Å²) in [6.07, 6.45) is 1.94. The number of rotatable bonds is 2. The molecule has 0 spiro atoms. The second-order valence-corrected chi connectivity index (χ2v) is 3.16. The summed E-state index contributed by atoms with van der Waals surface area (Å²) in [5.41, 5.74) is 0. The first kappa shape index (κ1) is 8.84. The highest BCUT2D eigenvalue weighted by Gasteiger charge is 2.02. The van der Waals surface area contributed by atoms with Crippen LogP contribution in [0.2, 0.25) is 0 Å².